The van der Waals surface area contributed by atoms with Crippen molar-refractivity contribution in [2.45, 2.75) is 16.8 Å². The van der Waals surface area contributed by atoms with E-state index >= 15 is 0 Å². The Morgan fingerprint density at radius 1 is 1.50 bits per heavy atom. The number of allylic oxidation sites excluding steroid dienone is 1. The van der Waals surface area contributed by atoms with Crippen LogP contribution in [0.1, 0.15) is 6.92 Å². The Hall–Kier alpha value is 0.539. The van der Waals surface area contributed by atoms with Crippen molar-refractivity contribution in [2.24, 2.45) is 0 Å². The molecule has 0 nitrogen and oxygen atoms in total. The predicted octanol–water partition coefficient (Wildman–Crippen LogP) is 1.59. The molecule has 0 aliphatic rings. The summed E-state index contributed by atoms with van der Waals surface area (Å²) < 4.78 is 1.47. The van der Waals surface area contributed by atoms with E-state index in [2.05, 4.69) is 23.4 Å². The normalized spacial score (nSPS) is 9.33. The molecule has 0 radical (unpaired) electrons. The van der Waals surface area contributed by atoms with E-state index in [1.165, 1.54) is 3.59 Å². The molecule has 0 saturated carbocycles. The summed E-state index contributed by atoms with van der Waals surface area (Å²) in [5, 5.41) is 0. The van der Waals surface area contributed by atoms with Crippen LogP contribution in [0.4, 0.5) is 0 Å². The van der Waals surface area contributed by atoms with Crippen molar-refractivity contribution in [1.29, 1.82) is 0 Å². The summed E-state index contributed by atoms with van der Waals surface area (Å²) in [6.45, 7) is 5.99. The van der Waals surface area contributed by atoms with Crippen LogP contribution in [0.2, 0.25) is 9.88 Å². The Morgan fingerprint density at radius 2 is 1.67 bits per heavy atom. The van der Waals surface area contributed by atoms with Gasteiger partial charge in [0.2, 0.25) is 0 Å². The van der Waals surface area contributed by atoms with Crippen LogP contribution in [0.5, 0.6) is 0 Å². The third-order valence-corrected chi connectivity index (χ3v) is 6.61. The minimum atomic E-state index is -0.999. The zero-order valence-corrected chi connectivity index (χ0v) is 8.08. The maximum atomic E-state index is 3.85. The van der Waals surface area contributed by atoms with E-state index in [9.17, 15) is 0 Å². The zero-order valence-electron chi connectivity index (χ0n) is 4.78. The Kier molecular flexibility index (Phi) is 2.91. The summed E-state index contributed by atoms with van der Waals surface area (Å²) >= 11 is -0.999. The fourth-order valence-electron chi connectivity index (χ4n) is 0. The second-order valence-corrected chi connectivity index (χ2v) is 11.4. The van der Waals surface area contributed by atoms with Gasteiger partial charge in [-0.05, 0) is 0 Å². The van der Waals surface area contributed by atoms with Crippen molar-refractivity contribution in [3.05, 3.63) is 10.2 Å². The van der Waals surface area contributed by atoms with Gasteiger partial charge in [0.15, 0.2) is 0 Å². The molecule has 0 aromatic carbocycles. The van der Waals surface area contributed by atoms with E-state index in [0.717, 1.165) is 0 Å². The second kappa shape index (κ2) is 2.67. The van der Waals surface area contributed by atoms with Crippen LogP contribution in [0.25, 0.3) is 0 Å². The summed E-state index contributed by atoms with van der Waals surface area (Å²) in [6, 6.07) is 0. The Bertz CT molecular complexity index is 55.0. The average Bonchev–Trinajstić information content (AvgIpc) is 1.36. The van der Waals surface area contributed by atoms with E-state index in [0.29, 0.717) is 0 Å². The summed E-state index contributed by atoms with van der Waals surface area (Å²) in [4.78, 5) is 4.70. The molecule has 0 aliphatic heterocycles. The second-order valence-electron chi connectivity index (χ2n) is 2.00. The quantitative estimate of drug-likeness (QED) is 0.552. The number of hydrogen-bond acceptors (Lipinski definition) is 0. The van der Waals surface area contributed by atoms with E-state index in [4.69, 9.17) is 0 Å². The Labute approximate surface area is 47.0 Å². The standard InChI is InChI=1S/C3H5.2CH3.Sn.H/c1-3-2;;;;/h1H2,2H3;2*1H3;;. The molecule has 36 valence electrons. The van der Waals surface area contributed by atoms with E-state index in [1.807, 2.05) is 0 Å². The molecule has 0 aliphatic carbocycles. The SMILES string of the molecule is C=[C](C)[SnH]([CH3])[CH3]. The van der Waals surface area contributed by atoms with Gasteiger partial charge in [-0.25, -0.2) is 0 Å². The maximum absolute atomic E-state index is 3.85. The molecule has 0 N–H and O–H groups in total. The molecule has 0 atom stereocenters. The van der Waals surface area contributed by atoms with Crippen LogP contribution >= 0.6 is 0 Å². The molecular weight excluding hydrogens is 179 g/mol. The van der Waals surface area contributed by atoms with Gasteiger partial charge in [-0.15, -0.1) is 0 Å². The van der Waals surface area contributed by atoms with Gasteiger partial charge in [-0.3, -0.25) is 0 Å². The van der Waals surface area contributed by atoms with Gasteiger partial charge < -0.3 is 0 Å². The fourth-order valence-corrected chi connectivity index (χ4v) is 0. The zero-order chi connectivity index (χ0) is 5.15. The van der Waals surface area contributed by atoms with Gasteiger partial charge >= 0.3 is 46.7 Å². The molecule has 0 heterocycles. The Morgan fingerprint density at radius 3 is 1.67 bits per heavy atom. The molecule has 1 heteroatoms. The van der Waals surface area contributed by atoms with E-state index in [1.54, 1.807) is 0 Å². The molecule has 0 spiro atoms. The monoisotopic (exact) mass is 192 g/mol. The first kappa shape index (κ1) is 6.54. The van der Waals surface area contributed by atoms with Crippen LogP contribution in [0.15, 0.2) is 10.2 Å². The van der Waals surface area contributed by atoms with Crippen molar-refractivity contribution < 1.29 is 0 Å². The van der Waals surface area contributed by atoms with Gasteiger partial charge in [-0.1, -0.05) is 0 Å². The van der Waals surface area contributed by atoms with Gasteiger partial charge in [-0.2, -0.15) is 0 Å². The molecule has 0 fully saturated rings. The first-order chi connectivity index (χ1) is 2.64. The van der Waals surface area contributed by atoms with Crippen LogP contribution in [-0.4, -0.2) is 19.8 Å². The van der Waals surface area contributed by atoms with Crippen molar-refractivity contribution in [3.8, 4) is 0 Å². The molecule has 0 aromatic rings. The predicted molar refractivity (Wildman–Crippen MR) is 33.7 cm³/mol. The molecular formula is C5H12Sn. The third kappa shape index (κ3) is 2.76. The molecule has 0 amide bonds. The van der Waals surface area contributed by atoms with Crippen LogP contribution in [0, 0.1) is 0 Å². The number of rotatable bonds is 1. The van der Waals surface area contributed by atoms with Crippen molar-refractivity contribution in [3.63, 3.8) is 0 Å². The van der Waals surface area contributed by atoms with Gasteiger partial charge in [0.1, 0.15) is 0 Å². The third-order valence-electron chi connectivity index (χ3n) is 0.986. The Balaban J connectivity index is 3.26. The van der Waals surface area contributed by atoms with Crippen LogP contribution in [-0.2, 0) is 0 Å². The van der Waals surface area contributed by atoms with Crippen molar-refractivity contribution >= 4 is 19.8 Å². The number of hydrogen-bond donors (Lipinski definition) is 0. The molecule has 0 unspecified atom stereocenters. The van der Waals surface area contributed by atoms with Crippen molar-refractivity contribution in [1.82, 2.24) is 0 Å². The summed E-state index contributed by atoms with van der Waals surface area (Å²) in [5.41, 5.74) is 0. The minimum absolute atomic E-state index is 0.999. The molecule has 0 rings (SSSR count). The van der Waals surface area contributed by atoms with Crippen LogP contribution in [0.3, 0.4) is 0 Å². The molecule has 6 heavy (non-hydrogen) atoms. The van der Waals surface area contributed by atoms with Gasteiger partial charge in [0.25, 0.3) is 0 Å². The van der Waals surface area contributed by atoms with Crippen molar-refractivity contribution in [2.75, 3.05) is 0 Å². The van der Waals surface area contributed by atoms with Gasteiger partial charge in [0.05, 0.1) is 0 Å². The average molecular weight is 191 g/mol. The summed E-state index contributed by atoms with van der Waals surface area (Å²) in [7, 11) is 0. The molecule has 0 bridgehead atoms. The topological polar surface area (TPSA) is 0 Å². The van der Waals surface area contributed by atoms with Gasteiger partial charge in [0, 0.05) is 0 Å². The first-order valence-corrected chi connectivity index (χ1v) is 10.5. The summed E-state index contributed by atoms with van der Waals surface area (Å²) in [6.07, 6.45) is 0. The van der Waals surface area contributed by atoms with E-state index in [-0.39, 0.29) is 0 Å². The molecule has 0 aromatic heterocycles. The summed E-state index contributed by atoms with van der Waals surface area (Å²) in [5.74, 6) is 0. The first-order valence-electron chi connectivity index (χ1n) is 2.30. The van der Waals surface area contributed by atoms with E-state index < -0.39 is 19.8 Å². The molecule has 0 saturated heterocycles. The van der Waals surface area contributed by atoms with Crippen LogP contribution < -0.4 is 0 Å². The fraction of sp³-hybridized carbons (Fsp3) is 0.600.